The molecule has 4 heterocycles. The smallest absolute Gasteiger partial charge is 0.399 e. The van der Waals surface area contributed by atoms with Crippen LogP contribution in [0.5, 0.6) is 0 Å². The van der Waals surface area contributed by atoms with E-state index in [0.29, 0.717) is 61.8 Å². The molecule has 3 aromatic heterocycles. The van der Waals surface area contributed by atoms with Crippen LogP contribution in [0.1, 0.15) is 18.3 Å². The first kappa shape index (κ1) is 26.2. The number of hydrogen-bond acceptors (Lipinski definition) is 9. The maximum atomic E-state index is 14.8. The summed E-state index contributed by atoms with van der Waals surface area (Å²) in [6.07, 6.45) is -3.11. The Kier molecular flexibility index (Phi) is 6.96. The molecule has 15 heteroatoms. The van der Waals surface area contributed by atoms with Gasteiger partial charge in [0.25, 0.3) is 0 Å². The third-order valence-corrected chi connectivity index (χ3v) is 6.35. The van der Waals surface area contributed by atoms with E-state index in [1.807, 2.05) is 0 Å². The quantitative estimate of drug-likeness (QED) is 0.170. The molecule has 1 aromatic carbocycles. The Balaban J connectivity index is 1.24. The average molecular weight is 545 g/mol. The van der Waals surface area contributed by atoms with Gasteiger partial charge in [-0.2, -0.15) is 32.8 Å². The van der Waals surface area contributed by atoms with E-state index in [-0.39, 0.29) is 11.6 Å². The van der Waals surface area contributed by atoms with Crippen LogP contribution in [-0.2, 0) is 11.4 Å². The van der Waals surface area contributed by atoms with Gasteiger partial charge in [0, 0.05) is 38.3 Å². The van der Waals surface area contributed by atoms with Crippen molar-refractivity contribution < 1.29 is 22.4 Å². The van der Waals surface area contributed by atoms with Crippen LogP contribution in [0.25, 0.3) is 16.7 Å². The maximum Gasteiger partial charge on any atom is 0.437 e. The molecule has 0 spiro atoms. The summed E-state index contributed by atoms with van der Waals surface area (Å²) < 4.78 is 57.7. The van der Waals surface area contributed by atoms with Gasteiger partial charge in [-0.05, 0) is 25.0 Å². The fourth-order valence-corrected chi connectivity index (χ4v) is 4.50. The summed E-state index contributed by atoms with van der Waals surface area (Å²) in [5, 5.41) is 12.4. The Labute approximate surface area is 219 Å². The molecule has 5 rings (SSSR count). The maximum absolute atomic E-state index is 14.8. The van der Waals surface area contributed by atoms with Crippen LogP contribution in [0.15, 0.2) is 29.6 Å². The molecular weight excluding hydrogens is 520 g/mol. The molecule has 0 atom stereocenters. The molecule has 204 valence electrons. The van der Waals surface area contributed by atoms with Gasteiger partial charge < -0.3 is 15.5 Å². The van der Waals surface area contributed by atoms with Gasteiger partial charge in [-0.1, -0.05) is 17.1 Å². The molecule has 1 saturated heterocycles. The molecule has 0 unspecified atom stereocenters. The summed E-state index contributed by atoms with van der Waals surface area (Å²) in [6.45, 7) is 5.14. The van der Waals surface area contributed by atoms with E-state index >= 15 is 0 Å². The van der Waals surface area contributed by atoms with Crippen LogP contribution in [0.4, 0.5) is 29.2 Å². The molecule has 1 fully saturated rings. The molecule has 4 aromatic rings. The number of rotatable bonds is 6. The fourth-order valence-electron chi connectivity index (χ4n) is 4.50. The van der Waals surface area contributed by atoms with Gasteiger partial charge in [0.05, 0.1) is 23.8 Å². The number of alkyl halides is 3. The van der Waals surface area contributed by atoms with E-state index in [1.165, 1.54) is 16.6 Å². The number of hydrogen-bond donors (Lipinski definition) is 1. The van der Waals surface area contributed by atoms with E-state index in [2.05, 4.69) is 46.9 Å². The van der Waals surface area contributed by atoms with Crippen LogP contribution in [0.2, 0.25) is 0 Å². The van der Waals surface area contributed by atoms with Crippen molar-refractivity contribution in [3.8, 4) is 11.8 Å². The highest BCUT2D eigenvalue weighted by molar-refractivity contribution is 6.04. The van der Waals surface area contributed by atoms with Gasteiger partial charge in [0.15, 0.2) is 17.0 Å². The Morgan fingerprint density at radius 3 is 2.56 bits per heavy atom. The minimum absolute atomic E-state index is 0.174. The molecule has 2 N–H and O–H groups in total. The fraction of sp³-hybridized carbons (Fsp3) is 0.375. The first-order chi connectivity index (χ1) is 18.7. The number of nitrogen functional groups attached to an aromatic ring is 1. The SMILES string of the molecule is CC#Cc1nc2c3cnn(CCN4CCN(c5ccc(/C(=N/OC)C(F)(F)F)cc5F)CC4)c3nc(N)n2n1. The number of piperazine rings is 1. The molecular formula is C24H24F4N10O. The zero-order valence-corrected chi connectivity index (χ0v) is 21.1. The van der Waals surface area contributed by atoms with Crippen molar-refractivity contribution in [1.82, 2.24) is 34.3 Å². The van der Waals surface area contributed by atoms with Crippen molar-refractivity contribution in [3.63, 3.8) is 0 Å². The number of oxime groups is 1. The molecule has 11 nitrogen and oxygen atoms in total. The Bertz CT molecular complexity index is 1610. The lowest BCUT2D eigenvalue weighted by molar-refractivity contribution is -0.0608. The molecule has 1 aliphatic heterocycles. The average Bonchev–Trinajstić information content (AvgIpc) is 3.50. The van der Waals surface area contributed by atoms with Crippen LogP contribution in [-0.4, -0.2) is 86.0 Å². The van der Waals surface area contributed by atoms with Gasteiger partial charge in [0.2, 0.25) is 11.8 Å². The number of benzene rings is 1. The van der Waals surface area contributed by atoms with Gasteiger partial charge >= 0.3 is 6.18 Å². The summed E-state index contributed by atoms with van der Waals surface area (Å²) in [5.74, 6) is 5.33. The van der Waals surface area contributed by atoms with Crippen LogP contribution in [0.3, 0.4) is 0 Å². The van der Waals surface area contributed by atoms with Crippen LogP contribution >= 0.6 is 0 Å². The van der Waals surface area contributed by atoms with E-state index < -0.39 is 23.3 Å². The van der Waals surface area contributed by atoms with Gasteiger partial charge in [-0.15, -0.1) is 5.10 Å². The standard InChI is InChI=1S/C24H24F4N10O/c1-3-4-19-31-22-16-14-30-37(21(16)32-23(29)38(22)33-19)12-9-35-7-10-36(11-8-35)18-6-5-15(13-17(18)25)20(34-39-2)24(26,27)28/h5-6,13-14H,7-12H2,1-2H3,(H2,29,32)/b34-20-. The second-order valence-corrected chi connectivity index (χ2v) is 8.74. The number of nitrogens with zero attached hydrogens (tertiary/aromatic N) is 9. The Morgan fingerprint density at radius 1 is 1.13 bits per heavy atom. The zero-order valence-electron chi connectivity index (χ0n) is 21.1. The lowest BCUT2D eigenvalue weighted by atomic mass is 10.1. The number of aromatic nitrogens is 6. The first-order valence-corrected chi connectivity index (χ1v) is 12.0. The summed E-state index contributed by atoms with van der Waals surface area (Å²) >= 11 is 0. The minimum Gasteiger partial charge on any atom is -0.399 e. The summed E-state index contributed by atoms with van der Waals surface area (Å²) in [7, 11) is 1.01. The molecule has 1 aliphatic rings. The third kappa shape index (κ3) is 5.15. The van der Waals surface area contributed by atoms with E-state index in [9.17, 15) is 17.6 Å². The molecule has 0 radical (unpaired) electrons. The molecule has 0 amide bonds. The monoisotopic (exact) mass is 544 g/mol. The van der Waals surface area contributed by atoms with Crippen molar-refractivity contribution in [3.05, 3.63) is 41.6 Å². The predicted molar refractivity (Wildman–Crippen MR) is 136 cm³/mol. The Hall–Kier alpha value is -4.45. The van der Waals surface area contributed by atoms with Crippen molar-refractivity contribution in [2.75, 3.05) is 50.5 Å². The summed E-state index contributed by atoms with van der Waals surface area (Å²) in [4.78, 5) is 17.2. The topological polar surface area (TPSA) is 115 Å². The number of anilines is 2. The lowest BCUT2D eigenvalue weighted by Gasteiger charge is -2.36. The lowest BCUT2D eigenvalue weighted by Crippen LogP contribution is -2.47. The van der Waals surface area contributed by atoms with Crippen LogP contribution < -0.4 is 10.6 Å². The molecule has 0 bridgehead atoms. The predicted octanol–water partition coefficient (Wildman–Crippen LogP) is 2.30. The second kappa shape index (κ2) is 10.4. The van der Waals surface area contributed by atoms with Gasteiger partial charge in [-0.25, -0.2) is 9.07 Å². The van der Waals surface area contributed by atoms with Crippen molar-refractivity contribution in [1.29, 1.82) is 0 Å². The van der Waals surface area contributed by atoms with Crippen LogP contribution in [0, 0.1) is 17.7 Å². The molecule has 0 aliphatic carbocycles. The zero-order chi connectivity index (χ0) is 27.7. The number of fused-ring (bicyclic) bond motifs is 3. The van der Waals surface area contributed by atoms with Gasteiger partial charge in [0.1, 0.15) is 12.9 Å². The van der Waals surface area contributed by atoms with Crippen molar-refractivity contribution in [2.24, 2.45) is 5.16 Å². The van der Waals surface area contributed by atoms with E-state index in [4.69, 9.17) is 5.73 Å². The summed E-state index contributed by atoms with van der Waals surface area (Å²) in [6, 6.07) is 3.37. The molecule has 0 saturated carbocycles. The van der Waals surface area contributed by atoms with Crippen molar-refractivity contribution >= 4 is 34.0 Å². The third-order valence-electron chi connectivity index (χ3n) is 6.35. The van der Waals surface area contributed by atoms with E-state index in [0.717, 1.165) is 13.2 Å². The number of halogens is 4. The second-order valence-electron chi connectivity index (χ2n) is 8.74. The highest BCUT2D eigenvalue weighted by Crippen LogP contribution is 2.27. The molecule has 39 heavy (non-hydrogen) atoms. The summed E-state index contributed by atoms with van der Waals surface area (Å²) in [5.41, 5.74) is 5.74. The van der Waals surface area contributed by atoms with Gasteiger partial charge in [-0.3, -0.25) is 4.90 Å². The Morgan fingerprint density at radius 2 is 1.90 bits per heavy atom. The highest BCUT2D eigenvalue weighted by atomic mass is 19.4. The normalized spacial score (nSPS) is 15.1. The highest BCUT2D eigenvalue weighted by Gasteiger charge is 2.38. The minimum atomic E-state index is -4.77. The first-order valence-electron chi connectivity index (χ1n) is 12.0. The van der Waals surface area contributed by atoms with E-state index in [1.54, 1.807) is 22.7 Å². The number of nitrogens with two attached hydrogens (primary N) is 1. The largest absolute Gasteiger partial charge is 0.437 e. The van der Waals surface area contributed by atoms with Crippen molar-refractivity contribution in [2.45, 2.75) is 19.6 Å².